The van der Waals surface area contributed by atoms with E-state index in [9.17, 15) is 9.59 Å². The molecule has 0 bridgehead atoms. The van der Waals surface area contributed by atoms with Gasteiger partial charge in [0.05, 0.1) is 6.61 Å². The zero-order valence-electron chi connectivity index (χ0n) is 11.2. The first-order chi connectivity index (χ1) is 9.65. The molecule has 0 aliphatic carbocycles. The van der Waals surface area contributed by atoms with E-state index < -0.39 is 5.91 Å². The minimum atomic E-state index is -0.528. The van der Waals surface area contributed by atoms with Crippen molar-refractivity contribution in [2.24, 2.45) is 5.73 Å². The van der Waals surface area contributed by atoms with E-state index in [-0.39, 0.29) is 23.6 Å². The van der Waals surface area contributed by atoms with Gasteiger partial charge in [-0.15, -0.1) is 0 Å². The number of nitrogens with zero attached hydrogens (tertiary/aromatic N) is 2. The predicted molar refractivity (Wildman–Crippen MR) is 70.0 cm³/mol. The fourth-order valence-corrected chi connectivity index (χ4v) is 3.03. The summed E-state index contributed by atoms with van der Waals surface area (Å²) in [6, 6.07) is 1.60. The first-order valence-corrected chi connectivity index (χ1v) is 6.91. The van der Waals surface area contributed by atoms with E-state index in [1.54, 1.807) is 6.07 Å². The maximum absolute atomic E-state index is 11.7. The van der Waals surface area contributed by atoms with Crippen LogP contribution in [0.15, 0.2) is 6.07 Å². The smallest absolute Gasteiger partial charge is 0.323 e. The van der Waals surface area contributed by atoms with Crippen LogP contribution in [0.2, 0.25) is 0 Å². The average Bonchev–Trinajstić information content (AvgIpc) is 3.07. The molecule has 3 N–H and O–H groups in total. The van der Waals surface area contributed by atoms with Crippen LogP contribution < -0.4 is 5.73 Å². The van der Waals surface area contributed by atoms with Crippen LogP contribution in [0.5, 0.6) is 0 Å². The van der Waals surface area contributed by atoms with Gasteiger partial charge in [0, 0.05) is 24.6 Å². The molecule has 0 radical (unpaired) electrons. The quantitative estimate of drug-likeness (QED) is 0.758. The summed E-state index contributed by atoms with van der Waals surface area (Å²) in [5.74, 6) is -0.398. The molecule has 1 aromatic heterocycles. The van der Waals surface area contributed by atoms with Crippen molar-refractivity contribution < 1.29 is 14.3 Å². The van der Waals surface area contributed by atoms with Gasteiger partial charge in [0.1, 0.15) is 11.7 Å². The molecule has 2 unspecified atom stereocenters. The number of nitrogens with two attached hydrogens (primary N) is 1. The molecule has 108 valence electrons. The lowest BCUT2D eigenvalue weighted by atomic mass is 9.93. The highest BCUT2D eigenvalue weighted by Gasteiger charge is 2.35. The topological polar surface area (TPSA) is 101 Å². The molecular weight excluding hydrogens is 260 g/mol. The lowest BCUT2D eigenvalue weighted by Gasteiger charge is -2.34. The number of H-pyrrole nitrogens is 1. The number of amides is 1. The maximum Gasteiger partial charge on any atom is 0.323 e. The highest BCUT2D eigenvalue weighted by atomic mass is 16.5. The van der Waals surface area contributed by atoms with E-state index in [2.05, 4.69) is 15.1 Å². The van der Waals surface area contributed by atoms with E-state index in [4.69, 9.17) is 10.5 Å². The SMILES string of the molecule is NC(=O)c1cc(C2CCCN(C3CCOC3=O)C2)[nH]n1. The molecule has 1 aromatic rings. The molecule has 3 heterocycles. The third kappa shape index (κ3) is 2.40. The lowest BCUT2D eigenvalue weighted by Crippen LogP contribution is -2.44. The molecule has 2 fully saturated rings. The first kappa shape index (κ1) is 13.1. The Morgan fingerprint density at radius 3 is 3.00 bits per heavy atom. The molecule has 0 saturated carbocycles. The number of esters is 1. The van der Waals surface area contributed by atoms with Crippen molar-refractivity contribution in [3.63, 3.8) is 0 Å². The van der Waals surface area contributed by atoms with Crippen LogP contribution in [-0.2, 0) is 9.53 Å². The Hall–Kier alpha value is -1.89. The van der Waals surface area contributed by atoms with Gasteiger partial charge in [-0.3, -0.25) is 19.6 Å². The summed E-state index contributed by atoms with van der Waals surface area (Å²) in [6.07, 6.45) is 2.79. The third-order valence-electron chi connectivity index (χ3n) is 4.09. The summed E-state index contributed by atoms with van der Waals surface area (Å²) < 4.78 is 5.03. The van der Waals surface area contributed by atoms with Crippen molar-refractivity contribution in [2.45, 2.75) is 31.2 Å². The van der Waals surface area contributed by atoms with Crippen LogP contribution in [0, 0.1) is 0 Å². The summed E-state index contributed by atoms with van der Waals surface area (Å²) in [4.78, 5) is 24.9. The summed E-state index contributed by atoms with van der Waals surface area (Å²) in [7, 11) is 0. The van der Waals surface area contributed by atoms with E-state index >= 15 is 0 Å². The maximum atomic E-state index is 11.7. The molecule has 0 aromatic carbocycles. The van der Waals surface area contributed by atoms with Crippen LogP contribution in [0.3, 0.4) is 0 Å². The molecule has 2 aliphatic heterocycles. The normalized spacial score (nSPS) is 27.5. The molecule has 0 spiro atoms. The van der Waals surface area contributed by atoms with Gasteiger partial charge in [0.2, 0.25) is 0 Å². The molecule has 2 saturated heterocycles. The highest BCUT2D eigenvalue weighted by molar-refractivity contribution is 5.90. The number of carbonyl (C=O) groups is 2. The van der Waals surface area contributed by atoms with Crippen LogP contribution >= 0.6 is 0 Å². The Balaban J connectivity index is 1.71. The van der Waals surface area contributed by atoms with Gasteiger partial charge >= 0.3 is 5.97 Å². The zero-order valence-corrected chi connectivity index (χ0v) is 11.2. The number of aromatic amines is 1. The lowest BCUT2D eigenvalue weighted by molar-refractivity contribution is -0.142. The minimum absolute atomic E-state index is 0.115. The number of nitrogens with one attached hydrogen (secondary N) is 1. The minimum Gasteiger partial charge on any atom is -0.464 e. The Morgan fingerprint density at radius 1 is 1.50 bits per heavy atom. The number of piperidine rings is 1. The largest absolute Gasteiger partial charge is 0.464 e. The van der Waals surface area contributed by atoms with Crippen LogP contribution in [0.25, 0.3) is 0 Å². The molecule has 2 aliphatic rings. The molecular formula is C13H18N4O3. The number of aromatic nitrogens is 2. The average molecular weight is 278 g/mol. The summed E-state index contributed by atoms with van der Waals surface area (Å²) >= 11 is 0. The Morgan fingerprint density at radius 2 is 2.35 bits per heavy atom. The standard InChI is InChI=1S/C13H18N4O3/c14-12(18)10-6-9(15-16-10)8-2-1-4-17(7-8)11-3-5-20-13(11)19/h6,8,11H,1-5,7H2,(H2,14,18)(H,15,16). The second-order valence-electron chi connectivity index (χ2n) is 5.38. The van der Waals surface area contributed by atoms with Gasteiger partial charge in [-0.2, -0.15) is 5.10 Å². The fourth-order valence-electron chi connectivity index (χ4n) is 3.03. The summed E-state index contributed by atoms with van der Waals surface area (Å²) in [5, 5.41) is 6.80. The van der Waals surface area contributed by atoms with Gasteiger partial charge in [-0.25, -0.2) is 0 Å². The van der Waals surface area contributed by atoms with Crippen molar-refractivity contribution in [1.82, 2.24) is 15.1 Å². The van der Waals surface area contributed by atoms with Gasteiger partial charge in [-0.1, -0.05) is 0 Å². The number of ether oxygens (including phenoxy) is 1. The van der Waals surface area contributed by atoms with Crippen molar-refractivity contribution in [1.29, 1.82) is 0 Å². The van der Waals surface area contributed by atoms with E-state index in [1.807, 2.05) is 0 Å². The molecule has 7 nitrogen and oxygen atoms in total. The molecule has 2 atom stereocenters. The highest BCUT2D eigenvalue weighted by Crippen LogP contribution is 2.29. The fraction of sp³-hybridized carbons (Fsp3) is 0.615. The molecule has 7 heteroatoms. The number of rotatable bonds is 3. The van der Waals surface area contributed by atoms with E-state index in [0.717, 1.165) is 38.0 Å². The molecule has 3 rings (SSSR count). The van der Waals surface area contributed by atoms with Crippen LogP contribution in [-0.4, -0.2) is 52.7 Å². The van der Waals surface area contributed by atoms with Crippen molar-refractivity contribution in [2.75, 3.05) is 19.7 Å². The Bertz CT molecular complexity index is 527. The van der Waals surface area contributed by atoms with E-state index in [1.165, 1.54) is 0 Å². The second-order valence-corrected chi connectivity index (χ2v) is 5.38. The van der Waals surface area contributed by atoms with Crippen LogP contribution in [0.4, 0.5) is 0 Å². The molecule has 20 heavy (non-hydrogen) atoms. The van der Waals surface area contributed by atoms with Crippen LogP contribution in [0.1, 0.15) is 41.4 Å². The number of hydrogen-bond acceptors (Lipinski definition) is 5. The monoisotopic (exact) mass is 278 g/mol. The van der Waals surface area contributed by atoms with Gasteiger partial charge in [0.15, 0.2) is 0 Å². The number of cyclic esters (lactones) is 1. The van der Waals surface area contributed by atoms with Gasteiger partial charge < -0.3 is 10.5 Å². The van der Waals surface area contributed by atoms with Crippen molar-refractivity contribution in [3.8, 4) is 0 Å². The summed E-state index contributed by atoms with van der Waals surface area (Å²) in [6.45, 7) is 2.20. The van der Waals surface area contributed by atoms with Gasteiger partial charge in [-0.05, 0) is 25.5 Å². The first-order valence-electron chi connectivity index (χ1n) is 6.91. The van der Waals surface area contributed by atoms with Gasteiger partial charge in [0.25, 0.3) is 5.91 Å². The number of hydrogen-bond donors (Lipinski definition) is 2. The second kappa shape index (κ2) is 5.24. The van der Waals surface area contributed by atoms with Crippen molar-refractivity contribution in [3.05, 3.63) is 17.5 Å². The van der Waals surface area contributed by atoms with E-state index in [0.29, 0.717) is 6.61 Å². The zero-order chi connectivity index (χ0) is 14.1. The van der Waals surface area contributed by atoms with Crippen molar-refractivity contribution >= 4 is 11.9 Å². The number of carbonyl (C=O) groups excluding carboxylic acids is 2. The number of likely N-dealkylation sites (tertiary alicyclic amines) is 1. The Labute approximate surface area is 116 Å². The Kier molecular flexibility index (Phi) is 3.43. The summed E-state index contributed by atoms with van der Waals surface area (Å²) in [5.41, 5.74) is 6.38. The number of primary amides is 1. The predicted octanol–water partition coefficient (Wildman–Crippen LogP) is 0.00350. The third-order valence-corrected chi connectivity index (χ3v) is 4.09. The molecule has 1 amide bonds.